The molecular weight excluding hydrogens is 597 g/mol. The molecule has 0 atom stereocenters. The molecule has 2 heterocycles. The zero-order valence-electron chi connectivity index (χ0n) is 24.4. The minimum absolute atomic E-state index is 0.0706. The van der Waals surface area contributed by atoms with Crippen LogP contribution >= 0.6 is 23.1 Å². The van der Waals surface area contributed by atoms with E-state index in [4.69, 9.17) is 4.74 Å². The van der Waals surface area contributed by atoms with Crippen LogP contribution in [0.3, 0.4) is 0 Å². The fraction of sp³-hybridized carbons (Fsp3) is 0.281. The lowest BCUT2D eigenvalue weighted by atomic mass is 9.95. The van der Waals surface area contributed by atoms with Gasteiger partial charge in [0.1, 0.15) is 10.8 Å². The van der Waals surface area contributed by atoms with E-state index in [1.54, 1.807) is 37.5 Å². The van der Waals surface area contributed by atoms with Crippen molar-refractivity contribution in [3.8, 4) is 5.75 Å². The van der Waals surface area contributed by atoms with Crippen molar-refractivity contribution in [2.75, 3.05) is 18.2 Å². The SMILES string of the molecule is C=CCn1c(CNC(=O)c2ccc(OC)cc2)nnc1SCC(=O)Nc1sc2c(c1C(=O)NCc1ccccc1)CCCC2. The minimum Gasteiger partial charge on any atom is -0.497 e. The summed E-state index contributed by atoms with van der Waals surface area (Å²) in [7, 11) is 1.57. The lowest BCUT2D eigenvalue weighted by Gasteiger charge is -2.13. The van der Waals surface area contributed by atoms with Crippen LogP contribution in [-0.2, 0) is 37.3 Å². The highest BCUT2D eigenvalue weighted by Crippen LogP contribution is 2.38. The molecule has 3 N–H and O–H groups in total. The summed E-state index contributed by atoms with van der Waals surface area (Å²) in [4.78, 5) is 40.3. The number of thiophene rings is 1. The van der Waals surface area contributed by atoms with Gasteiger partial charge in [0.05, 0.1) is 25.0 Å². The second-order valence-corrected chi connectivity index (χ2v) is 12.2. The molecule has 0 radical (unpaired) electrons. The Morgan fingerprint density at radius 1 is 1.00 bits per heavy atom. The van der Waals surface area contributed by atoms with Crippen LogP contribution in [-0.4, -0.2) is 45.3 Å². The number of fused-ring (bicyclic) bond motifs is 1. The molecule has 12 heteroatoms. The fourth-order valence-corrected chi connectivity index (χ4v) is 7.00. The number of allylic oxidation sites excluding steroid dienone is 1. The predicted octanol–water partition coefficient (Wildman–Crippen LogP) is 5.00. The summed E-state index contributed by atoms with van der Waals surface area (Å²) in [6.45, 7) is 4.80. The lowest BCUT2D eigenvalue weighted by molar-refractivity contribution is -0.113. The third-order valence-electron chi connectivity index (χ3n) is 7.14. The van der Waals surface area contributed by atoms with E-state index in [2.05, 4.69) is 32.7 Å². The van der Waals surface area contributed by atoms with Gasteiger partial charge in [-0.1, -0.05) is 48.2 Å². The van der Waals surface area contributed by atoms with Crippen molar-refractivity contribution in [3.05, 3.63) is 100 Å². The molecule has 0 fully saturated rings. The first-order valence-electron chi connectivity index (χ1n) is 14.3. The number of amides is 3. The van der Waals surface area contributed by atoms with Crippen LogP contribution in [0, 0.1) is 0 Å². The summed E-state index contributed by atoms with van der Waals surface area (Å²) >= 11 is 2.72. The molecule has 44 heavy (non-hydrogen) atoms. The number of nitrogens with zero attached hydrogens (tertiary/aromatic N) is 3. The average molecular weight is 631 g/mol. The third kappa shape index (κ3) is 7.56. The number of hydrogen-bond acceptors (Lipinski definition) is 8. The number of benzene rings is 2. The number of aryl methyl sites for hydroxylation is 1. The Morgan fingerprint density at radius 3 is 2.50 bits per heavy atom. The van der Waals surface area contributed by atoms with Crippen molar-refractivity contribution in [2.45, 2.75) is 50.5 Å². The highest BCUT2D eigenvalue weighted by atomic mass is 32.2. The first-order chi connectivity index (χ1) is 21.5. The van der Waals surface area contributed by atoms with Crippen molar-refractivity contribution in [1.82, 2.24) is 25.4 Å². The predicted molar refractivity (Wildman–Crippen MR) is 172 cm³/mol. The molecule has 0 spiro atoms. The monoisotopic (exact) mass is 630 g/mol. The number of aromatic nitrogens is 3. The highest BCUT2D eigenvalue weighted by Gasteiger charge is 2.26. The van der Waals surface area contributed by atoms with Crippen LogP contribution in [0.1, 0.15) is 55.4 Å². The van der Waals surface area contributed by atoms with Gasteiger partial charge in [0.25, 0.3) is 11.8 Å². The summed E-state index contributed by atoms with van der Waals surface area (Å²) in [5.41, 5.74) is 3.12. The van der Waals surface area contributed by atoms with Gasteiger partial charge in [0.2, 0.25) is 5.91 Å². The topological polar surface area (TPSA) is 127 Å². The molecule has 1 aliphatic carbocycles. The van der Waals surface area contributed by atoms with Crippen LogP contribution in [0.4, 0.5) is 5.00 Å². The van der Waals surface area contributed by atoms with Crippen molar-refractivity contribution in [3.63, 3.8) is 0 Å². The summed E-state index contributed by atoms with van der Waals surface area (Å²) in [5.74, 6) is 0.603. The largest absolute Gasteiger partial charge is 0.497 e. The molecule has 1 aliphatic rings. The van der Waals surface area contributed by atoms with Crippen LogP contribution in [0.25, 0.3) is 0 Å². The van der Waals surface area contributed by atoms with Crippen LogP contribution < -0.4 is 20.7 Å². The molecule has 0 aliphatic heterocycles. The van der Waals surface area contributed by atoms with Crippen molar-refractivity contribution >= 4 is 45.8 Å². The van der Waals surface area contributed by atoms with E-state index in [9.17, 15) is 14.4 Å². The molecule has 2 aromatic heterocycles. The highest BCUT2D eigenvalue weighted by molar-refractivity contribution is 7.99. The van der Waals surface area contributed by atoms with Gasteiger partial charge in [0.15, 0.2) is 11.0 Å². The molecule has 228 valence electrons. The Labute approximate surface area is 264 Å². The summed E-state index contributed by atoms with van der Waals surface area (Å²) in [5, 5.41) is 18.5. The van der Waals surface area contributed by atoms with E-state index in [0.29, 0.717) is 45.9 Å². The molecular formula is C32H34N6O4S2. The maximum absolute atomic E-state index is 13.4. The number of rotatable bonds is 13. The summed E-state index contributed by atoms with van der Waals surface area (Å²) < 4.78 is 6.96. The van der Waals surface area contributed by atoms with E-state index in [0.717, 1.165) is 41.7 Å². The van der Waals surface area contributed by atoms with Crippen LogP contribution in [0.15, 0.2) is 72.4 Å². The van der Waals surface area contributed by atoms with Gasteiger partial charge in [0, 0.05) is 23.5 Å². The quantitative estimate of drug-likeness (QED) is 0.140. The molecule has 10 nitrogen and oxygen atoms in total. The Bertz CT molecular complexity index is 1630. The third-order valence-corrected chi connectivity index (χ3v) is 9.32. The maximum atomic E-state index is 13.4. The molecule has 3 amide bonds. The first-order valence-corrected chi connectivity index (χ1v) is 16.1. The normalized spacial score (nSPS) is 12.2. The zero-order valence-corrected chi connectivity index (χ0v) is 26.1. The fourth-order valence-electron chi connectivity index (χ4n) is 4.93. The molecule has 0 unspecified atom stereocenters. The van der Waals surface area contributed by atoms with Crippen molar-refractivity contribution in [1.29, 1.82) is 0 Å². The van der Waals surface area contributed by atoms with E-state index < -0.39 is 0 Å². The average Bonchev–Trinajstić information content (AvgIpc) is 3.62. The van der Waals surface area contributed by atoms with E-state index in [-0.39, 0.29) is 30.0 Å². The van der Waals surface area contributed by atoms with Crippen molar-refractivity contribution < 1.29 is 19.1 Å². The Morgan fingerprint density at radius 2 is 1.75 bits per heavy atom. The summed E-state index contributed by atoms with van der Waals surface area (Å²) in [6, 6.07) is 16.6. The molecule has 0 bridgehead atoms. The number of carbonyl (C=O) groups excluding carboxylic acids is 3. The van der Waals surface area contributed by atoms with Gasteiger partial charge in [-0.2, -0.15) is 0 Å². The van der Waals surface area contributed by atoms with E-state index in [1.165, 1.54) is 23.1 Å². The van der Waals surface area contributed by atoms with Gasteiger partial charge in [-0.3, -0.25) is 14.4 Å². The number of nitrogens with one attached hydrogen (secondary N) is 3. The van der Waals surface area contributed by atoms with Gasteiger partial charge in [-0.05, 0) is 61.1 Å². The minimum atomic E-state index is -0.253. The second-order valence-electron chi connectivity index (χ2n) is 10.1. The smallest absolute Gasteiger partial charge is 0.254 e. The Hall–Kier alpha value is -4.42. The van der Waals surface area contributed by atoms with Gasteiger partial charge in [-0.15, -0.1) is 28.1 Å². The van der Waals surface area contributed by atoms with E-state index in [1.807, 2.05) is 34.9 Å². The standard InChI is InChI=1S/C32H34N6O4S2/c1-3-17-38-26(19-34-29(40)22-13-15-23(42-2)16-14-22)36-37-32(38)43-20-27(39)35-31-28(24-11-7-8-12-25(24)44-31)30(41)33-18-21-9-5-4-6-10-21/h3-6,9-10,13-16H,1,7-8,11-12,17-20H2,2H3,(H,33,41)(H,34,40)(H,35,39). The van der Waals surface area contributed by atoms with Gasteiger partial charge >= 0.3 is 0 Å². The van der Waals surface area contributed by atoms with Gasteiger partial charge < -0.3 is 25.3 Å². The molecule has 4 aromatic rings. The van der Waals surface area contributed by atoms with Gasteiger partial charge in [-0.25, -0.2) is 0 Å². The number of hydrogen-bond donors (Lipinski definition) is 3. The number of thioether (sulfide) groups is 1. The summed E-state index contributed by atoms with van der Waals surface area (Å²) in [6.07, 6.45) is 5.54. The second kappa shape index (κ2) is 14.8. The molecule has 0 saturated carbocycles. The van der Waals surface area contributed by atoms with Crippen molar-refractivity contribution in [2.24, 2.45) is 0 Å². The lowest BCUT2D eigenvalue weighted by Crippen LogP contribution is -2.26. The molecule has 5 rings (SSSR count). The van der Waals surface area contributed by atoms with Crippen LogP contribution in [0.2, 0.25) is 0 Å². The van der Waals surface area contributed by atoms with E-state index >= 15 is 0 Å². The molecule has 2 aromatic carbocycles. The number of carbonyl (C=O) groups is 3. The van der Waals surface area contributed by atoms with Crippen LogP contribution in [0.5, 0.6) is 5.75 Å². The molecule has 0 saturated heterocycles. The Balaban J connectivity index is 1.22. The number of methoxy groups -OCH3 is 1. The first kappa shape index (κ1) is 31.0. The maximum Gasteiger partial charge on any atom is 0.254 e. The number of ether oxygens (including phenoxy) is 1. The Kier molecular flexibility index (Phi) is 10.5. The number of anilines is 1. The zero-order chi connectivity index (χ0) is 30.9.